The Hall–Kier alpha value is -4.33. The summed E-state index contributed by atoms with van der Waals surface area (Å²) >= 11 is 1.82. The average Bonchev–Trinajstić information content (AvgIpc) is 3.26. The Morgan fingerprint density at radius 2 is 1.27 bits per heavy atom. The summed E-state index contributed by atoms with van der Waals surface area (Å²) in [4.78, 5) is 8.95. The third-order valence-electron chi connectivity index (χ3n) is 5.79. The minimum atomic E-state index is 0.389. The largest absolute Gasteiger partial charge is 0.248 e. The molecule has 33 heavy (non-hydrogen) atoms. The van der Waals surface area contributed by atoms with Crippen molar-refractivity contribution in [3.63, 3.8) is 0 Å². The van der Waals surface area contributed by atoms with Crippen LogP contribution in [0.2, 0.25) is 0 Å². The number of hydrogen-bond acceptors (Lipinski definition) is 4. The van der Waals surface area contributed by atoms with Crippen LogP contribution in [0.1, 0.15) is 5.69 Å². The number of nitrogens with zero attached hydrogens (tertiary/aromatic N) is 3. The first-order valence-electron chi connectivity index (χ1n) is 10.6. The van der Waals surface area contributed by atoms with Crippen LogP contribution in [0.15, 0.2) is 103 Å². The van der Waals surface area contributed by atoms with Gasteiger partial charge < -0.3 is 0 Å². The van der Waals surface area contributed by atoms with E-state index in [4.69, 9.17) is 10.2 Å². The Labute approximate surface area is 195 Å². The number of pyridine rings is 2. The van der Waals surface area contributed by atoms with Crippen molar-refractivity contribution in [3.05, 3.63) is 109 Å². The molecule has 0 aliphatic carbocycles. The number of thiophene rings is 1. The van der Waals surface area contributed by atoms with Crippen molar-refractivity contribution in [1.82, 2.24) is 9.97 Å². The molecule has 3 nitrogen and oxygen atoms in total. The molecule has 154 valence electrons. The van der Waals surface area contributed by atoms with Crippen molar-refractivity contribution in [2.24, 2.45) is 0 Å². The fourth-order valence-electron chi connectivity index (χ4n) is 4.15. The first-order chi connectivity index (χ1) is 16.3. The number of benzene rings is 3. The van der Waals surface area contributed by atoms with Gasteiger partial charge in [0.1, 0.15) is 11.8 Å². The van der Waals surface area contributed by atoms with Gasteiger partial charge in [-0.25, -0.2) is 9.97 Å². The Morgan fingerprint density at radius 3 is 2.00 bits per heavy atom. The summed E-state index contributed by atoms with van der Waals surface area (Å²) in [5.41, 5.74) is 6.52. The van der Waals surface area contributed by atoms with Gasteiger partial charge in [0.2, 0.25) is 0 Å². The van der Waals surface area contributed by atoms with Crippen LogP contribution >= 0.6 is 11.3 Å². The zero-order chi connectivity index (χ0) is 22.2. The van der Waals surface area contributed by atoms with Gasteiger partial charge >= 0.3 is 0 Å². The van der Waals surface area contributed by atoms with Crippen molar-refractivity contribution < 1.29 is 0 Å². The van der Waals surface area contributed by atoms with Crippen LogP contribution in [0.3, 0.4) is 0 Å². The fraction of sp³-hybridized carbons (Fsp3) is 0. The molecule has 0 amide bonds. The van der Waals surface area contributed by atoms with Gasteiger partial charge in [-0.1, -0.05) is 48.5 Å². The molecular formula is C29H17N3S. The number of aromatic nitrogens is 2. The van der Waals surface area contributed by atoms with E-state index in [1.165, 1.54) is 31.3 Å². The molecular weight excluding hydrogens is 422 g/mol. The molecule has 0 saturated heterocycles. The lowest BCUT2D eigenvalue weighted by atomic mass is 10.0. The molecule has 4 heteroatoms. The third-order valence-corrected chi connectivity index (χ3v) is 6.94. The van der Waals surface area contributed by atoms with Crippen molar-refractivity contribution in [2.45, 2.75) is 0 Å². The first-order valence-corrected chi connectivity index (χ1v) is 11.5. The second-order valence-corrected chi connectivity index (χ2v) is 8.92. The standard InChI is InChI=1S/C29H17N3S/c30-18-23-15-22(13-14-31-23)27-8-4-7-26(32-27)21-10-12-29-25(17-21)24-16-20(9-11-28(24)33-29)19-5-2-1-3-6-19/h1-17H. The van der Waals surface area contributed by atoms with E-state index in [1.54, 1.807) is 12.3 Å². The summed E-state index contributed by atoms with van der Waals surface area (Å²) < 4.78 is 2.55. The van der Waals surface area contributed by atoms with E-state index in [-0.39, 0.29) is 0 Å². The second kappa shape index (κ2) is 7.98. The maximum Gasteiger partial charge on any atom is 0.141 e. The van der Waals surface area contributed by atoms with E-state index in [1.807, 2.05) is 41.7 Å². The predicted octanol–water partition coefficient (Wildman–Crippen LogP) is 7.72. The SMILES string of the molecule is N#Cc1cc(-c2cccc(-c3ccc4sc5ccc(-c6ccccc6)cc5c4c3)n2)ccn1. The lowest BCUT2D eigenvalue weighted by molar-refractivity contribution is 1.25. The van der Waals surface area contributed by atoms with Crippen LogP contribution in [-0.4, -0.2) is 9.97 Å². The zero-order valence-corrected chi connectivity index (χ0v) is 18.4. The Bertz CT molecular complexity index is 1680. The van der Waals surface area contributed by atoms with Crippen LogP contribution in [0.5, 0.6) is 0 Å². The molecule has 0 bridgehead atoms. The highest BCUT2D eigenvalue weighted by atomic mass is 32.1. The Kier molecular flexibility index (Phi) is 4.68. The van der Waals surface area contributed by atoms with Gasteiger partial charge in [0, 0.05) is 37.5 Å². The molecule has 3 aromatic carbocycles. The van der Waals surface area contributed by atoms with Crippen molar-refractivity contribution in [1.29, 1.82) is 5.26 Å². The molecule has 0 N–H and O–H groups in total. The zero-order valence-electron chi connectivity index (χ0n) is 17.6. The minimum absolute atomic E-state index is 0.389. The number of nitriles is 1. The maximum atomic E-state index is 9.17. The molecule has 0 aliphatic rings. The van der Waals surface area contributed by atoms with Crippen molar-refractivity contribution >= 4 is 31.5 Å². The van der Waals surface area contributed by atoms with Gasteiger partial charge in [0.25, 0.3) is 0 Å². The lowest BCUT2D eigenvalue weighted by Gasteiger charge is -2.06. The Morgan fingerprint density at radius 1 is 0.606 bits per heavy atom. The highest BCUT2D eigenvalue weighted by molar-refractivity contribution is 7.25. The summed E-state index contributed by atoms with van der Waals surface area (Å²) in [7, 11) is 0. The smallest absolute Gasteiger partial charge is 0.141 e. The van der Waals surface area contributed by atoms with Gasteiger partial charge in [0.05, 0.1) is 11.4 Å². The lowest BCUT2D eigenvalue weighted by Crippen LogP contribution is -1.89. The molecule has 6 aromatic rings. The van der Waals surface area contributed by atoms with E-state index >= 15 is 0 Å². The summed E-state index contributed by atoms with van der Waals surface area (Å²) in [5.74, 6) is 0. The predicted molar refractivity (Wildman–Crippen MR) is 136 cm³/mol. The molecule has 3 aromatic heterocycles. The normalized spacial score (nSPS) is 11.0. The summed E-state index contributed by atoms with van der Waals surface area (Å²) in [6.45, 7) is 0. The summed E-state index contributed by atoms with van der Waals surface area (Å²) in [5, 5.41) is 11.7. The highest BCUT2D eigenvalue weighted by Gasteiger charge is 2.10. The molecule has 0 radical (unpaired) electrons. The number of rotatable bonds is 3. The van der Waals surface area contributed by atoms with E-state index < -0.39 is 0 Å². The fourth-order valence-corrected chi connectivity index (χ4v) is 5.22. The Balaban J connectivity index is 1.47. The average molecular weight is 440 g/mol. The molecule has 6 rings (SSSR count). The molecule has 0 saturated carbocycles. The third kappa shape index (κ3) is 3.55. The van der Waals surface area contributed by atoms with Gasteiger partial charge in [-0.15, -0.1) is 11.3 Å². The van der Waals surface area contributed by atoms with Crippen LogP contribution in [0.25, 0.3) is 53.8 Å². The monoisotopic (exact) mass is 439 g/mol. The summed E-state index contributed by atoms with van der Waals surface area (Å²) in [6, 6.07) is 35.5. The van der Waals surface area contributed by atoms with Crippen molar-refractivity contribution in [2.75, 3.05) is 0 Å². The van der Waals surface area contributed by atoms with Gasteiger partial charge in [0.15, 0.2) is 0 Å². The molecule has 0 fully saturated rings. The van der Waals surface area contributed by atoms with Crippen LogP contribution in [0.4, 0.5) is 0 Å². The van der Waals surface area contributed by atoms with E-state index in [0.29, 0.717) is 5.69 Å². The van der Waals surface area contributed by atoms with Crippen molar-refractivity contribution in [3.8, 4) is 39.7 Å². The summed E-state index contributed by atoms with van der Waals surface area (Å²) in [6.07, 6.45) is 1.65. The number of hydrogen-bond donors (Lipinski definition) is 0. The van der Waals surface area contributed by atoms with Crippen LogP contribution in [0, 0.1) is 11.3 Å². The van der Waals surface area contributed by atoms with E-state index in [0.717, 1.165) is 22.5 Å². The van der Waals surface area contributed by atoms with E-state index in [2.05, 4.69) is 71.7 Å². The van der Waals surface area contributed by atoms with Gasteiger partial charge in [-0.2, -0.15) is 5.26 Å². The molecule has 0 unspecified atom stereocenters. The number of fused-ring (bicyclic) bond motifs is 3. The van der Waals surface area contributed by atoms with Crippen LogP contribution in [-0.2, 0) is 0 Å². The first kappa shape index (κ1) is 19.4. The second-order valence-electron chi connectivity index (χ2n) is 7.84. The molecule has 3 heterocycles. The molecule has 0 aliphatic heterocycles. The quantitative estimate of drug-likeness (QED) is 0.284. The topological polar surface area (TPSA) is 49.6 Å². The highest BCUT2D eigenvalue weighted by Crippen LogP contribution is 2.38. The minimum Gasteiger partial charge on any atom is -0.248 e. The van der Waals surface area contributed by atoms with Crippen LogP contribution < -0.4 is 0 Å². The van der Waals surface area contributed by atoms with Gasteiger partial charge in [-0.3, -0.25) is 0 Å². The maximum absolute atomic E-state index is 9.17. The molecule has 0 atom stereocenters. The van der Waals surface area contributed by atoms with E-state index in [9.17, 15) is 0 Å². The molecule has 0 spiro atoms. The van der Waals surface area contributed by atoms with Gasteiger partial charge in [-0.05, 0) is 59.7 Å².